The first-order chi connectivity index (χ1) is 16.8. The van der Waals surface area contributed by atoms with E-state index in [1.54, 1.807) is 0 Å². The molecule has 0 unspecified atom stereocenters. The molecule has 6 rings (SSSR count). The standard InChI is InChI=1S/C32H26N2/c33-22-23-10-8-14-26(20-23)34-27-15-9-13-25(21-27)32(24-11-2-1-3-12-24)30-18-6-4-16-28(30)29-17-5-7-19-31(29)32/h1-21,34H,22,33H2. The second-order valence-corrected chi connectivity index (χ2v) is 8.82. The molecule has 2 nitrogen and oxygen atoms in total. The molecular formula is C32H26N2. The number of benzene rings is 5. The summed E-state index contributed by atoms with van der Waals surface area (Å²) in [7, 11) is 0. The molecule has 1 aliphatic rings. The van der Waals surface area contributed by atoms with Crippen molar-refractivity contribution in [3.8, 4) is 11.1 Å². The lowest BCUT2D eigenvalue weighted by Crippen LogP contribution is -2.28. The van der Waals surface area contributed by atoms with E-state index in [0.717, 1.165) is 16.9 Å². The van der Waals surface area contributed by atoms with Crippen molar-refractivity contribution in [1.29, 1.82) is 0 Å². The third kappa shape index (κ3) is 3.15. The SMILES string of the molecule is NCc1cccc(Nc2cccc(C3(c4ccccc4)c4ccccc4-c4ccccc43)c2)c1. The lowest BCUT2D eigenvalue weighted by Gasteiger charge is -2.34. The summed E-state index contributed by atoms with van der Waals surface area (Å²) >= 11 is 0. The number of rotatable bonds is 5. The van der Waals surface area contributed by atoms with Crippen LogP contribution in [0.3, 0.4) is 0 Å². The van der Waals surface area contributed by atoms with Crippen LogP contribution in [0, 0.1) is 0 Å². The number of fused-ring (bicyclic) bond motifs is 3. The summed E-state index contributed by atoms with van der Waals surface area (Å²) < 4.78 is 0. The first-order valence-corrected chi connectivity index (χ1v) is 11.7. The van der Waals surface area contributed by atoms with Crippen LogP contribution in [0.15, 0.2) is 127 Å². The van der Waals surface area contributed by atoms with Crippen molar-refractivity contribution in [3.05, 3.63) is 155 Å². The van der Waals surface area contributed by atoms with Crippen molar-refractivity contribution >= 4 is 11.4 Å². The van der Waals surface area contributed by atoms with Crippen molar-refractivity contribution in [2.45, 2.75) is 12.0 Å². The highest BCUT2D eigenvalue weighted by Gasteiger charge is 2.45. The fourth-order valence-electron chi connectivity index (χ4n) is 5.48. The van der Waals surface area contributed by atoms with Gasteiger partial charge in [0.25, 0.3) is 0 Å². The summed E-state index contributed by atoms with van der Waals surface area (Å²) in [5.74, 6) is 0. The Labute approximate surface area is 200 Å². The fraction of sp³-hybridized carbons (Fsp3) is 0.0625. The van der Waals surface area contributed by atoms with E-state index in [1.165, 1.54) is 33.4 Å². The number of hydrogen-bond acceptors (Lipinski definition) is 2. The van der Waals surface area contributed by atoms with Crippen LogP contribution in [0.25, 0.3) is 11.1 Å². The smallest absolute Gasteiger partial charge is 0.0714 e. The van der Waals surface area contributed by atoms with E-state index in [1.807, 2.05) is 6.07 Å². The Morgan fingerprint density at radius 2 is 1.09 bits per heavy atom. The molecule has 0 bridgehead atoms. The van der Waals surface area contributed by atoms with Gasteiger partial charge in [-0.3, -0.25) is 0 Å². The fourth-order valence-corrected chi connectivity index (χ4v) is 5.48. The predicted molar refractivity (Wildman–Crippen MR) is 141 cm³/mol. The lowest BCUT2D eigenvalue weighted by atomic mass is 9.67. The van der Waals surface area contributed by atoms with Crippen molar-refractivity contribution in [2.24, 2.45) is 5.73 Å². The monoisotopic (exact) mass is 438 g/mol. The van der Waals surface area contributed by atoms with E-state index in [4.69, 9.17) is 5.73 Å². The molecule has 5 aromatic carbocycles. The van der Waals surface area contributed by atoms with Gasteiger partial charge >= 0.3 is 0 Å². The van der Waals surface area contributed by atoms with E-state index in [2.05, 4.69) is 127 Å². The summed E-state index contributed by atoms with van der Waals surface area (Å²) in [6.45, 7) is 0.528. The summed E-state index contributed by atoms with van der Waals surface area (Å²) in [6, 6.07) is 45.7. The minimum atomic E-state index is -0.384. The van der Waals surface area contributed by atoms with Crippen LogP contribution in [0.1, 0.15) is 27.8 Å². The van der Waals surface area contributed by atoms with Crippen LogP contribution in [0.5, 0.6) is 0 Å². The van der Waals surface area contributed by atoms with Gasteiger partial charge in [0.15, 0.2) is 0 Å². The van der Waals surface area contributed by atoms with Crippen LogP contribution < -0.4 is 11.1 Å². The molecule has 0 aliphatic heterocycles. The normalized spacial score (nSPS) is 13.2. The van der Waals surface area contributed by atoms with Crippen LogP contribution >= 0.6 is 0 Å². The van der Waals surface area contributed by atoms with Gasteiger partial charge in [0.05, 0.1) is 5.41 Å². The first-order valence-electron chi connectivity index (χ1n) is 11.7. The molecule has 0 spiro atoms. The van der Waals surface area contributed by atoms with Crippen molar-refractivity contribution in [2.75, 3.05) is 5.32 Å². The average molecular weight is 439 g/mol. The molecule has 164 valence electrons. The number of hydrogen-bond donors (Lipinski definition) is 2. The Morgan fingerprint density at radius 3 is 1.76 bits per heavy atom. The molecule has 0 fully saturated rings. The molecule has 0 radical (unpaired) electrons. The second kappa shape index (κ2) is 8.33. The van der Waals surface area contributed by atoms with Gasteiger partial charge in [0.2, 0.25) is 0 Å². The van der Waals surface area contributed by atoms with Gasteiger partial charge in [-0.15, -0.1) is 0 Å². The maximum Gasteiger partial charge on any atom is 0.0714 e. The molecule has 0 saturated heterocycles. The van der Waals surface area contributed by atoms with E-state index in [-0.39, 0.29) is 5.41 Å². The zero-order chi connectivity index (χ0) is 23.0. The summed E-state index contributed by atoms with van der Waals surface area (Å²) in [4.78, 5) is 0. The maximum absolute atomic E-state index is 5.86. The van der Waals surface area contributed by atoms with Gasteiger partial charge in [-0.2, -0.15) is 0 Å². The van der Waals surface area contributed by atoms with Crippen LogP contribution in [0.2, 0.25) is 0 Å². The largest absolute Gasteiger partial charge is 0.356 e. The van der Waals surface area contributed by atoms with E-state index in [0.29, 0.717) is 6.54 Å². The minimum absolute atomic E-state index is 0.384. The highest BCUT2D eigenvalue weighted by Crippen LogP contribution is 2.56. The summed E-state index contributed by atoms with van der Waals surface area (Å²) in [6.07, 6.45) is 0. The average Bonchev–Trinajstić information content (AvgIpc) is 3.21. The Morgan fingerprint density at radius 1 is 0.529 bits per heavy atom. The van der Waals surface area contributed by atoms with Gasteiger partial charge in [0, 0.05) is 17.9 Å². The zero-order valence-electron chi connectivity index (χ0n) is 18.9. The van der Waals surface area contributed by atoms with Crippen LogP contribution in [-0.2, 0) is 12.0 Å². The highest BCUT2D eigenvalue weighted by molar-refractivity contribution is 5.86. The third-order valence-electron chi connectivity index (χ3n) is 6.91. The molecule has 0 saturated carbocycles. The van der Waals surface area contributed by atoms with Crippen molar-refractivity contribution in [3.63, 3.8) is 0 Å². The topological polar surface area (TPSA) is 38.0 Å². The molecule has 1 aliphatic carbocycles. The predicted octanol–water partition coefficient (Wildman–Crippen LogP) is 7.25. The van der Waals surface area contributed by atoms with Crippen LogP contribution in [-0.4, -0.2) is 0 Å². The van der Waals surface area contributed by atoms with Gasteiger partial charge < -0.3 is 11.1 Å². The molecule has 5 aromatic rings. The number of nitrogens with two attached hydrogens (primary N) is 1. The molecular weight excluding hydrogens is 412 g/mol. The van der Waals surface area contributed by atoms with Gasteiger partial charge in [-0.05, 0) is 63.2 Å². The Balaban J connectivity index is 1.58. The molecule has 3 N–H and O–H groups in total. The van der Waals surface area contributed by atoms with Crippen molar-refractivity contribution in [1.82, 2.24) is 0 Å². The number of anilines is 2. The quantitative estimate of drug-likeness (QED) is 0.297. The lowest BCUT2D eigenvalue weighted by molar-refractivity contribution is 0.769. The van der Waals surface area contributed by atoms with Gasteiger partial charge in [0.1, 0.15) is 0 Å². The Kier molecular flexibility index (Phi) is 5.01. The van der Waals surface area contributed by atoms with E-state index in [9.17, 15) is 0 Å². The third-order valence-corrected chi connectivity index (χ3v) is 6.91. The molecule has 0 atom stereocenters. The van der Waals surface area contributed by atoms with Crippen molar-refractivity contribution < 1.29 is 0 Å². The Bertz CT molecular complexity index is 1420. The molecule has 34 heavy (non-hydrogen) atoms. The van der Waals surface area contributed by atoms with E-state index < -0.39 is 0 Å². The van der Waals surface area contributed by atoms with Gasteiger partial charge in [-0.25, -0.2) is 0 Å². The minimum Gasteiger partial charge on any atom is -0.356 e. The summed E-state index contributed by atoms with van der Waals surface area (Å²) in [5.41, 5.74) is 16.5. The highest BCUT2D eigenvalue weighted by atomic mass is 14.9. The number of nitrogens with one attached hydrogen (secondary N) is 1. The maximum atomic E-state index is 5.86. The molecule has 0 amide bonds. The molecule has 2 heteroatoms. The molecule has 0 heterocycles. The second-order valence-electron chi connectivity index (χ2n) is 8.82. The summed E-state index contributed by atoms with van der Waals surface area (Å²) in [5, 5.41) is 3.60. The van der Waals surface area contributed by atoms with Gasteiger partial charge in [-0.1, -0.05) is 103 Å². The zero-order valence-corrected chi connectivity index (χ0v) is 18.9. The Hall–Kier alpha value is -4.14. The van der Waals surface area contributed by atoms with E-state index >= 15 is 0 Å². The first kappa shape index (κ1) is 20.5. The molecule has 0 aromatic heterocycles. The van der Waals surface area contributed by atoms with Crippen LogP contribution in [0.4, 0.5) is 11.4 Å².